The van der Waals surface area contributed by atoms with Crippen LogP contribution in [0, 0.1) is 44.1 Å². The van der Waals surface area contributed by atoms with E-state index >= 15 is 8.78 Å². The Labute approximate surface area is 269 Å². The van der Waals surface area contributed by atoms with Gasteiger partial charge in [-0.3, -0.25) is 14.4 Å². The summed E-state index contributed by atoms with van der Waals surface area (Å²) in [6.07, 6.45) is -5.01. The molecule has 2 N–H and O–H groups in total. The summed E-state index contributed by atoms with van der Waals surface area (Å²) in [5.41, 5.74) is -2.55. The molecule has 0 saturated heterocycles. The van der Waals surface area contributed by atoms with Gasteiger partial charge in [-0.15, -0.1) is 0 Å². The third-order valence-electron chi connectivity index (χ3n) is 7.86. The Morgan fingerprint density at radius 1 is 0.957 bits per heavy atom. The molecule has 1 aromatic heterocycles. The van der Waals surface area contributed by atoms with Crippen molar-refractivity contribution in [1.82, 2.24) is 14.8 Å². The number of aryl methyl sites for hydroxylation is 3. The number of alkyl halides is 3. The van der Waals surface area contributed by atoms with Gasteiger partial charge < -0.3 is 19.9 Å². The van der Waals surface area contributed by atoms with Crippen molar-refractivity contribution in [3.05, 3.63) is 91.6 Å². The van der Waals surface area contributed by atoms with Gasteiger partial charge in [0.15, 0.2) is 0 Å². The number of carbonyl (C=O) groups excluding carboxylic acids is 1. The van der Waals surface area contributed by atoms with Gasteiger partial charge in [0.25, 0.3) is 5.56 Å². The van der Waals surface area contributed by atoms with E-state index in [1.807, 2.05) is 0 Å². The first-order valence-electron chi connectivity index (χ1n) is 15.0. The van der Waals surface area contributed by atoms with E-state index in [1.165, 1.54) is 39.0 Å². The van der Waals surface area contributed by atoms with Crippen LogP contribution in [-0.2, 0) is 22.2 Å². The van der Waals surface area contributed by atoms with E-state index in [0.717, 1.165) is 10.8 Å². The van der Waals surface area contributed by atoms with Crippen LogP contribution in [0.3, 0.4) is 0 Å². The van der Waals surface area contributed by atoms with Crippen LogP contribution in [0.2, 0.25) is 0 Å². The van der Waals surface area contributed by atoms with Crippen molar-refractivity contribution in [3.63, 3.8) is 0 Å². The van der Waals surface area contributed by atoms with Crippen LogP contribution in [0.25, 0.3) is 11.1 Å². The highest BCUT2D eigenvalue weighted by molar-refractivity contribution is 5.82. The molecule has 0 saturated carbocycles. The van der Waals surface area contributed by atoms with E-state index in [2.05, 4.69) is 5.32 Å². The molecule has 0 fully saturated rings. The molecule has 2 aromatic carbocycles. The molecule has 3 rings (SSSR count). The summed E-state index contributed by atoms with van der Waals surface area (Å²) in [5.74, 6) is -5.67. The summed E-state index contributed by atoms with van der Waals surface area (Å²) in [4.78, 5) is 40.6. The SMILES string of the molecule is Cc1cc(-c2c(C)cc(F)cc2C)c(F)c([C@H](CC(=O)O)NC(=O)[C@H](CC(C)C)n2cc(CCN(C)C)c(C(F)(F)F)cc2=O)c1F. The predicted molar refractivity (Wildman–Crippen MR) is 166 cm³/mol. The summed E-state index contributed by atoms with van der Waals surface area (Å²) < 4.78 is 88.6. The molecule has 1 heterocycles. The lowest BCUT2D eigenvalue weighted by molar-refractivity contribution is -0.139. The zero-order chi connectivity index (χ0) is 35.5. The molecule has 2 atom stereocenters. The van der Waals surface area contributed by atoms with E-state index < -0.39 is 70.7 Å². The predicted octanol–water partition coefficient (Wildman–Crippen LogP) is 6.90. The maximum Gasteiger partial charge on any atom is 0.416 e. The Balaban J connectivity index is 2.20. The Hall–Kier alpha value is -4.13. The molecule has 3 aromatic rings. The fraction of sp³-hybridized carbons (Fsp3) is 0.441. The number of nitrogens with one attached hydrogen (secondary N) is 1. The average molecular weight is 668 g/mol. The number of rotatable bonds is 12. The van der Waals surface area contributed by atoms with Crippen LogP contribution in [0.1, 0.15) is 72.2 Å². The van der Waals surface area contributed by atoms with Gasteiger partial charge >= 0.3 is 12.1 Å². The van der Waals surface area contributed by atoms with Crippen molar-refractivity contribution in [2.24, 2.45) is 5.92 Å². The summed E-state index contributed by atoms with van der Waals surface area (Å²) >= 11 is 0. The molecule has 0 unspecified atom stereocenters. The lowest BCUT2D eigenvalue weighted by Gasteiger charge is -2.27. The second-order valence-electron chi connectivity index (χ2n) is 12.5. The Bertz CT molecular complexity index is 1690. The van der Waals surface area contributed by atoms with Gasteiger partial charge in [0.05, 0.1) is 18.0 Å². The number of carboxylic acids is 1. The zero-order valence-corrected chi connectivity index (χ0v) is 27.3. The minimum absolute atomic E-state index is 0.0674. The monoisotopic (exact) mass is 667 g/mol. The number of nitrogens with zero attached hydrogens (tertiary/aromatic N) is 2. The van der Waals surface area contributed by atoms with Gasteiger partial charge in [-0.1, -0.05) is 13.8 Å². The summed E-state index contributed by atoms with van der Waals surface area (Å²) in [7, 11) is 3.32. The highest BCUT2D eigenvalue weighted by Crippen LogP contribution is 2.37. The molecule has 0 aliphatic heterocycles. The van der Waals surface area contributed by atoms with Crippen molar-refractivity contribution >= 4 is 11.9 Å². The average Bonchev–Trinajstić information content (AvgIpc) is 2.92. The van der Waals surface area contributed by atoms with E-state index in [1.54, 1.807) is 32.8 Å². The minimum Gasteiger partial charge on any atom is -0.481 e. The Kier molecular flexibility index (Phi) is 11.7. The molecule has 0 aliphatic rings. The first-order valence-corrected chi connectivity index (χ1v) is 15.0. The van der Waals surface area contributed by atoms with Crippen molar-refractivity contribution in [3.8, 4) is 11.1 Å². The van der Waals surface area contributed by atoms with Gasteiger partial charge in [0.2, 0.25) is 5.91 Å². The van der Waals surface area contributed by atoms with Crippen molar-refractivity contribution in [1.29, 1.82) is 0 Å². The Morgan fingerprint density at radius 3 is 2.06 bits per heavy atom. The third kappa shape index (κ3) is 8.82. The molecule has 256 valence electrons. The lowest BCUT2D eigenvalue weighted by Crippen LogP contribution is -2.41. The Morgan fingerprint density at radius 2 is 1.55 bits per heavy atom. The number of aliphatic carboxylic acids is 1. The van der Waals surface area contributed by atoms with Crippen LogP contribution in [0.15, 0.2) is 35.3 Å². The number of hydrogen-bond donors (Lipinski definition) is 2. The van der Waals surface area contributed by atoms with E-state index in [-0.39, 0.29) is 47.6 Å². The van der Waals surface area contributed by atoms with Crippen LogP contribution >= 0.6 is 0 Å². The highest BCUT2D eigenvalue weighted by Gasteiger charge is 2.36. The quantitative estimate of drug-likeness (QED) is 0.205. The number of carbonyl (C=O) groups is 2. The first-order chi connectivity index (χ1) is 21.7. The zero-order valence-electron chi connectivity index (χ0n) is 27.3. The van der Waals surface area contributed by atoms with Crippen molar-refractivity contribution < 1.29 is 41.0 Å². The molecule has 0 radical (unpaired) electrons. The maximum absolute atomic E-state index is 16.3. The molecular formula is C34H39F6N3O4. The van der Waals surface area contributed by atoms with Crippen molar-refractivity contribution in [2.75, 3.05) is 20.6 Å². The number of amides is 1. The van der Waals surface area contributed by atoms with Gasteiger partial charge in [0.1, 0.15) is 23.5 Å². The fourth-order valence-electron chi connectivity index (χ4n) is 5.72. The normalized spacial score (nSPS) is 13.3. The molecule has 13 heteroatoms. The lowest BCUT2D eigenvalue weighted by atomic mass is 9.89. The number of likely N-dealkylation sites (N-methyl/N-ethyl adjacent to an activating group) is 1. The largest absolute Gasteiger partial charge is 0.481 e. The topological polar surface area (TPSA) is 91.6 Å². The molecule has 0 spiro atoms. The molecule has 0 aliphatic carbocycles. The number of aromatic nitrogens is 1. The second-order valence-corrected chi connectivity index (χ2v) is 12.5. The standard InChI is InChI=1S/C34H39F6N3O4/c1-17(2)10-26(43-16-21(8-9-42(6)7)24(14-27(43)44)34(38,39)40)33(47)41-25(15-28(45)46)30-31(36)20(5)13-23(32(30)37)29-18(3)11-22(35)12-19(29)4/h11-14,16-17,25-26H,8-10,15H2,1-7H3,(H,41,47)(H,45,46)/t25-,26-/m0/s1. The highest BCUT2D eigenvalue weighted by atomic mass is 19.4. The maximum atomic E-state index is 16.3. The fourth-order valence-corrected chi connectivity index (χ4v) is 5.72. The number of benzene rings is 2. The molecule has 0 bridgehead atoms. The number of hydrogen-bond acceptors (Lipinski definition) is 4. The second kappa shape index (κ2) is 14.7. The van der Waals surface area contributed by atoms with Gasteiger partial charge in [0, 0.05) is 29.9 Å². The van der Waals surface area contributed by atoms with E-state index in [9.17, 15) is 37.1 Å². The number of pyridine rings is 1. The van der Waals surface area contributed by atoms with E-state index in [4.69, 9.17) is 0 Å². The van der Waals surface area contributed by atoms with Gasteiger partial charge in [-0.25, -0.2) is 13.2 Å². The number of carboxylic acid groups (broad SMARTS) is 1. The van der Waals surface area contributed by atoms with Crippen LogP contribution in [-0.4, -0.2) is 47.1 Å². The third-order valence-corrected chi connectivity index (χ3v) is 7.86. The molecular weight excluding hydrogens is 628 g/mol. The van der Waals surface area contributed by atoms with Crippen LogP contribution in [0.4, 0.5) is 26.3 Å². The number of halogens is 6. The van der Waals surface area contributed by atoms with E-state index in [0.29, 0.717) is 17.2 Å². The molecule has 1 amide bonds. The van der Waals surface area contributed by atoms with Gasteiger partial charge in [-0.05, 0) is 99.6 Å². The summed E-state index contributed by atoms with van der Waals surface area (Å²) in [6.45, 7) is 8.00. The summed E-state index contributed by atoms with van der Waals surface area (Å²) in [6, 6.07) is 0.729. The first kappa shape index (κ1) is 37.3. The smallest absolute Gasteiger partial charge is 0.416 e. The minimum atomic E-state index is -4.85. The van der Waals surface area contributed by atoms with Crippen molar-refractivity contribution in [2.45, 2.75) is 72.1 Å². The molecule has 7 nitrogen and oxygen atoms in total. The van der Waals surface area contributed by atoms with Crippen LogP contribution in [0.5, 0.6) is 0 Å². The molecule has 47 heavy (non-hydrogen) atoms. The van der Waals surface area contributed by atoms with Gasteiger partial charge in [-0.2, -0.15) is 13.2 Å². The van der Waals surface area contributed by atoms with Crippen LogP contribution < -0.4 is 10.9 Å². The summed E-state index contributed by atoms with van der Waals surface area (Å²) in [5, 5.41) is 12.1.